The Morgan fingerprint density at radius 3 is 2.38 bits per heavy atom. The molecule has 0 bridgehead atoms. The van der Waals surface area contributed by atoms with Gasteiger partial charge in [-0.1, -0.05) is 0 Å². The molecule has 0 spiro atoms. The number of nitrogen functional groups attached to an aromatic ring is 1. The van der Waals surface area contributed by atoms with Crippen molar-refractivity contribution in [3.05, 3.63) is 45.1 Å². The standard InChI is InChI=1S/C15H17F3N2S/c1-8-6-12(10(3)21-8)9(2)20-14-5-4-11(19)7-13(14)15(16,17)18/h4-7,9,20H,19H2,1-3H3. The molecule has 114 valence electrons. The molecular weight excluding hydrogens is 297 g/mol. The van der Waals surface area contributed by atoms with E-state index in [1.54, 1.807) is 11.3 Å². The summed E-state index contributed by atoms with van der Waals surface area (Å²) in [5.41, 5.74) is 5.90. The average Bonchev–Trinajstić information content (AvgIpc) is 2.69. The van der Waals surface area contributed by atoms with Crippen LogP contribution in [0.5, 0.6) is 0 Å². The fourth-order valence-corrected chi connectivity index (χ4v) is 3.34. The van der Waals surface area contributed by atoms with Crippen LogP contribution in [0.4, 0.5) is 24.5 Å². The third-order valence-electron chi connectivity index (χ3n) is 3.27. The van der Waals surface area contributed by atoms with Crippen molar-refractivity contribution < 1.29 is 13.2 Å². The quantitative estimate of drug-likeness (QED) is 0.770. The van der Waals surface area contributed by atoms with Gasteiger partial charge in [-0.25, -0.2) is 0 Å². The molecule has 3 N–H and O–H groups in total. The van der Waals surface area contributed by atoms with Gasteiger partial charge in [0, 0.05) is 27.2 Å². The molecule has 1 heterocycles. The third-order valence-corrected chi connectivity index (χ3v) is 4.25. The fraction of sp³-hybridized carbons (Fsp3) is 0.333. The van der Waals surface area contributed by atoms with Gasteiger partial charge in [0.15, 0.2) is 0 Å². The van der Waals surface area contributed by atoms with Gasteiger partial charge in [0.05, 0.1) is 5.56 Å². The zero-order valence-electron chi connectivity index (χ0n) is 12.0. The average molecular weight is 314 g/mol. The summed E-state index contributed by atoms with van der Waals surface area (Å²) in [5, 5.41) is 2.95. The van der Waals surface area contributed by atoms with E-state index in [-0.39, 0.29) is 17.4 Å². The summed E-state index contributed by atoms with van der Waals surface area (Å²) in [5.74, 6) is 0. The van der Waals surface area contributed by atoms with Gasteiger partial charge in [0.1, 0.15) is 0 Å². The predicted octanol–water partition coefficient (Wildman–Crippen LogP) is 5.14. The molecule has 0 aliphatic rings. The van der Waals surface area contributed by atoms with Crippen LogP contribution in [0.3, 0.4) is 0 Å². The zero-order valence-corrected chi connectivity index (χ0v) is 12.8. The molecule has 0 aliphatic heterocycles. The minimum absolute atomic E-state index is 0.0486. The van der Waals surface area contributed by atoms with Gasteiger partial charge in [0.25, 0.3) is 0 Å². The molecule has 0 saturated carbocycles. The number of nitrogens with two attached hydrogens (primary N) is 1. The number of hydrogen-bond acceptors (Lipinski definition) is 3. The first-order valence-electron chi connectivity index (χ1n) is 6.48. The Morgan fingerprint density at radius 1 is 1.19 bits per heavy atom. The first-order chi connectivity index (χ1) is 9.68. The van der Waals surface area contributed by atoms with Gasteiger partial charge in [-0.05, 0) is 50.6 Å². The number of aryl methyl sites for hydroxylation is 2. The molecule has 21 heavy (non-hydrogen) atoms. The summed E-state index contributed by atoms with van der Waals surface area (Å²) in [6, 6.07) is 5.60. The molecule has 1 aromatic heterocycles. The maximum absolute atomic E-state index is 13.1. The van der Waals surface area contributed by atoms with Gasteiger partial charge in [-0.2, -0.15) is 13.2 Å². The number of anilines is 2. The highest BCUT2D eigenvalue weighted by Gasteiger charge is 2.34. The first-order valence-corrected chi connectivity index (χ1v) is 7.30. The number of rotatable bonds is 3. The van der Waals surface area contributed by atoms with Crippen LogP contribution >= 0.6 is 11.3 Å². The van der Waals surface area contributed by atoms with Crippen LogP contribution < -0.4 is 11.1 Å². The van der Waals surface area contributed by atoms with Gasteiger partial charge < -0.3 is 11.1 Å². The fourth-order valence-electron chi connectivity index (χ4n) is 2.31. The van der Waals surface area contributed by atoms with Crippen molar-refractivity contribution in [2.24, 2.45) is 0 Å². The monoisotopic (exact) mass is 314 g/mol. The Balaban J connectivity index is 2.33. The van der Waals surface area contributed by atoms with Gasteiger partial charge in [-0.15, -0.1) is 11.3 Å². The van der Waals surface area contributed by atoms with E-state index in [2.05, 4.69) is 5.32 Å². The molecule has 6 heteroatoms. The Labute approximate surface area is 125 Å². The minimum Gasteiger partial charge on any atom is -0.399 e. The lowest BCUT2D eigenvalue weighted by Gasteiger charge is -2.20. The first kappa shape index (κ1) is 15.7. The van der Waals surface area contributed by atoms with Crippen LogP contribution in [0.2, 0.25) is 0 Å². The maximum Gasteiger partial charge on any atom is 0.418 e. The molecule has 0 aliphatic carbocycles. The smallest absolute Gasteiger partial charge is 0.399 e. The second-order valence-corrected chi connectivity index (χ2v) is 6.50. The molecule has 2 rings (SSSR count). The van der Waals surface area contributed by atoms with Crippen molar-refractivity contribution in [1.82, 2.24) is 0 Å². The van der Waals surface area contributed by atoms with Gasteiger partial charge in [-0.3, -0.25) is 0 Å². The van der Waals surface area contributed by atoms with Crippen LogP contribution in [0.15, 0.2) is 24.3 Å². The summed E-state index contributed by atoms with van der Waals surface area (Å²) in [6.45, 7) is 5.81. The zero-order chi connectivity index (χ0) is 15.8. The number of benzene rings is 1. The normalized spacial score (nSPS) is 13.2. The van der Waals surface area contributed by atoms with Crippen molar-refractivity contribution in [2.45, 2.75) is 33.0 Å². The summed E-state index contributed by atoms with van der Waals surface area (Å²) in [7, 11) is 0. The van der Waals surface area contributed by atoms with Crippen molar-refractivity contribution >= 4 is 22.7 Å². The van der Waals surface area contributed by atoms with E-state index in [0.29, 0.717) is 0 Å². The largest absolute Gasteiger partial charge is 0.418 e. The van der Waals surface area contributed by atoms with Gasteiger partial charge in [0.2, 0.25) is 0 Å². The molecule has 0 radical (unpaired) electrons. The molecule has 2 aromatic rings. The highest BCUT2D eigenvalue weighted by Crippen LogP contribution is 2.38. The summed E-state index contributed by atoms with van der Waals surface area (Å²) < 4.78 is 39.2. The van der Waals surface area contributed by atoms with Crippen LogP contribution in [0.25, 0.3) is 0 Å². The molecule has 1 unspecified atom stereocenters. The molecule has 0 fully saturated rings. The van der Waals surface area contributed by atoms with E-state index < -0.39 is 11.7 Å². The third kappa shape index (κ3) is 3.50. The Kier molecular flexibility index (Phi) is 4.18. The van der Waals surface area contributed by atoms with Crippen LogP contribution in [0.1, 0.15) is 33.8 Å². The van der Waals surface area contributed by atoms with Crippen molar-refractivity contribution in [2.75, 3.05) is 11.1 Å². The summed E-state index contributed by atoms with van der Waals surface area (Å²) in [4.78, 5) is 2.25. The van der Waals surface area contributed by atoms with Crippen LogP contribution in [0, 0.1) is 13.8 Å². The predicted molar refractivity (Wildman–Crippen MR) is 81.7 cm³/mol. The van der Waals surface area contributed by atoms with Crippen molar-refractivity contribution in [3.63, 3.8) is 0 Å². The molecular formula is C15H17F3N2S. The molecule has 0 saturated heterocycles. The topological polar surface area (TPSA) is 38.0 Å². The number of alkyl halides is 3. The molecule has 2 nitrogen and oxygen atoms in total. The van der Waals surface area contributed by atoms with E-state index in [9.17, 15) is 13.2 Å². The van der Waals surface area contributed by atoms with Crippen LogP contribution in [-0.4, -0.2) is 0 Å². The van der Waals surface area contributed by atoms with E-state index in [1.165, 1.54) is 12.1 Å². The molecule has 1 aromatic carbocycles. The maximum atomic E-state index is 13.1. The van der Waals surface area contributed by atoms with Crippen molar-refractivity contribution in [1.29, 1.82) is 0 Å². The van der Waals surface area contributed by atoms with Crippen LogP contribution in [-0.2, 0) is 6.18 Å². The SMILES string of the molecule is Cc1cc(C(C)Nc2ccc(N)cc2C(F)(F)F)c(C)s1. The van der Waals surface area contributed by atoms with E-state index in [4.69, 9.17) is 5.73 Å². The number of hydrogen-bond donors (Lipinski definition) is 2. The number of nitrogens with one attached hydrogen (secondary N) is 1. The lowest BCUT2D eigenvalue weighted by atomic mass is 10.1. The number of thiophene rings is 1. The Bertz CT molecular complexity index is 647. The second kappa shape index (κ2) is 5.60. The number of halogens is 3. The minimum atomic E-state index is -4.43. The lowest BCUT2D eigenvalue weighted by molar-refractivity contribution is -0.136. The Morgan fingerprint density at radius 2 is 1.86 bits per heavy atom. The van der Waals surface area contributed by atoms with Crippen molar-refractivity contribution in [3.8, 4) is 0 Å². The van der Waals surface area contributed by atoms with E-state index in [0.717, 1.165) is 21.4 Å². The highest BCUT2D eigenvalue weighted by molar-refractivity contribution is 7.12. The van der Waals surface area contributed by atoms with E-state index in [1.807, 2.05) is 26.8 Å². The summed E-state index contributed by atoms with van der Waals surface area (Å²) in [6.07, 6.45) is -4.43. The molecule has 0 amide bonds. The second-order valence-electron chi connectivity index (χ2n) is 5.04. The lowest BCUT2D eigenvalue weighted by Crippen LogP contribution is -2.14. The Hall–Kier alpha value is -1.69. The molecule has 1 atom stereocenters. The van der Waals surface area contributed by atoms with E-state index >= 15 is 0 Å². The summed E-state index contributed by atoms with van der Waals surface area (Å²) >= 11 is 1.64. The van der Waals surface area contributed by atoms with Gasteiger partial charge >= 0.3 is 6.18 Å². The highest BCUT2D eigenvalue weighted by atomic mass is 32.1.